The van der Waals surface area contributed by atoms with Crippen LogP contribution in [0.3, 0.4) is 0 Å². The number of piperidine rings is 1. The molecule has 150 valence electrons. The molecule has 0 atom stereocenters. The molecule has 0 radical (unpaired) electrons. The fourth-order valence-electron chi connectivity index (χ4n) is 3.54. The number of hydrogen-bond acceptors (Lipinski definition) is 4. The van der Waals surface area contributed by atoms with E-state index in [1.54, 1.807) is 10.8 Å². The van der Waals surface area contributed by atoms with E-state index >= 15 is 0 Å². The number of ketones is 1. The summed E-state index contributed by atoms with van der Waals surface area (Å²) in [6.45, 7) is 2.82. The van der Waals surface area contributed by atoms with E-state index in [9.17, 15) is 14.4 Å². The second-order valence-corrected chi connectivity index (χ2v) is 7.52. The van der Waals surface area contributed by atoms with Gasteiger partial charge in [-0.05, 0) is 39.4 Å². The van der Waals surface area contributed by atoms with Crippen molar-refractivity contribution in [2.24, 2.45) is 0 Å². The third-order valence-electron chi connectivity index (χ3n) is 5.10. The highest BCUT2D eigenvalue weighted by Crippen LogP contribution is 2.22. The Morgan fingerprint density at radius 1 is 1.07 bits per heavy atom. The number of carbonyl (C=O) groups excluding carboxylic acids is 3. The van der Waals surface area contributed by atoms with Gasteiger partial charge in [-0.2, -0.15) is 0 Å². The first-order valence-electron chi connectivity index (χ1n) is 9.80. The molecule has 1 aromatic heterocycles. The first-order chi connectivity index (χ1) is 13.5. The lowest BCUT2D eigenvalue weighted by atomic mass is 10.1. The maximum absolute atomic E-state index is 12.7. The van der Waals surface area contributed by atoms with Gasteiger partial charge in [0.1, 0.15) is 6.54 Å². The van der Waals surface area contributed by atoms with Crippen LogP contribution in [0.2, 0.25) is 0 Å². The zero-order chi connectivity index (χ0) is 20.1. The summed E-state index contributed by atoms with van der Waals surface area (Å²) in [5, 5.41) is 3.36. The van der Waals surface area contributed by atoms with Gasteiger partial charge in [0.25, 0.3) is 11.7 Å². The Morgan fingerprint density at radius 3 is 2.50 bits per heavy atom. The standard InChI is InChI=1S/C21H28N4O3/c1-23(2)13-10-22-21(28)20(27)17-14-25(18-9-5-4-8-16(17)18)15-19(26)24-11-6-3-7-12-24/h4-5,8-9,14H,3,6-7,10-13,15H2,1-2H3,(H,22,28). The van der Waals surface area contributed by atoms with E-state index in [1.165, 1.54) is 0 Å². The van der Waals surface area contributed by atoms with Crippen LogP contribution < -0.4 is 5.32 Å². The summed E-state index contributed by atoms with van der Waals surface area (Å²) in [6, 6.07) is 7.40. The van der Waals surface area contributed by atoms with Gasteiger partial charge < -0.3 is 19.7 Å². The number of likely N-dealkylation sites (N-methyl/N-ethyl adjacent to an activating group) is 1. The number of amides is 2. The van der Waals surface area contributed by atoms with Gasteiger partial charge in [-0.15, -0.1) is 0 Å². The highest BCUT2D eigenvalue weighted by Gasteiger charge is 2.23. The van der Waals surface area contributed by atoms with Gasteiger partial charge in [-0.3, -0.25) is 14.4 Å². The molecule has 2 heterocycles. The largest absolute Gasteiger partial charge is 0.348 e. The number of rotatable bonds is 7. The topological polar surface area (TPSA) is 74.6 Å². The second-order valence-electron chi connectivity index (χ2n) is 7.52. The molecular weight excluding hydrogens is 356 g/mol. The number of likely N-dealkylation sites (tertiary alicyclic amines) is 1. The molecule has 0 saturated carbocycles. The molecule has 0 aliphatic carbocycles. The van der Waals surface area contributed by atoms with Gasteiger partial charge in [-0.1, -0.05) is 18.2 Å². The van der Waals surface area contributed by atoms with Crippen LogP contribution in [0, 0.1) is 0 Å². The fraction of sp³-hybridized carbons (Fsp3) is 0.476. The predicted molar refractivity (Wildman–Crippen MR) is 108 cm³/mol. The Hall–Kier alpha value is -2.67. The van der Waals surface area contributed by atoms with Gasteiger partial charge in [0.05, 0.1) is 5.56 Å². The summed E-state index contributed by atoms with van der Waals surface area (Å²) in [5.74, 6) is -1.14. The normalized spacial score (nSPS) is 14.5. The van der Waals surface area contributed by atoms with Gasteiger partial charge in [0, 0.05) is 43.3 Å². The average Bonchev–Trinajstić information content (AvgIpc) is 3.06. The van der Waals surface area contributed by atoms with E-state index in [0.29, 0.717) is 24.0 Å². The van der Waals surface area contributed by atoms with Crippen molar-refractivity contribution in [3.63, 3.8) is 0 Å². The maximum atomic E-state index is 12.7. The molecule has 2 amide bonds. The molecule has 2 aromatic rings. The Balaban J connectivity index is 1.79. The summed E-state index contributed by atoms with van der Waals surface area (Å²) in [7, 11) is 3.81. The Labute approximate surface area is 165 Å². The number of nitrogens with zero attached hydrogens (tertiary/aromatic N) is 3. The fourth-order valence-corrected chi connectivity index (χ4v) is 3.54. The molecule has 1 aromatic carbocycles. The lowest BCUT2D eigenvalue weighted by Gasteiger charge is -2.27. The highest BCUT2D eigenvalue weighted by atomic mass is 16.2. The number of benzene rings is 1. The van der Waals surface area contributed by atoms with Crippen molar-refractivity contribution in [3.05, 3.63) is 36.0 Å². The molecule has 0 bridgehead atoms. The van der Waals surface area contributed by atoms with E-state index in [4.69, 9.17) is 0 Å². The molecule has 28 heavy (non-hydrogen) atoms. The molecule has 7 nitrogen and oxygen atoms in total. The van der Waals surface area contributed by atoms with Gasteiger partial charge in [0.15, 0.2) is 0 Å². The van der Waals surface area contributed by atoms with Crippen LogP contribution in [-0.4, -0.2) is 72.2 Å². The zero-order valence-corrected chi connectivity index (χ0v) is 16.6. The van der Waals surface area contributed by atoms with Crippen molar-refractivity contribution in [1.82, 2.24) is 19.7 Å². The quantitative estimate of drug-likeness (QED) is 0.580. The van der Waals surface area contributed by atoms with E-state index in [1.807, 2.05) is 48.2 Å². The monoisotopic (exact) mass is 384 g/mol. The van der Waals surface area contributed by atoms with Gasteiger partial charge in [-0.25, -0.2) is 0 Å². The molecule has 1 fully saturated rings. The molecule has 0 spiro atoms. The van der Waals surface area contributed by atoms with Crippen LogP contribution >= 0.6 is 0 Å². The van der Waals surface area contributed by atoms with Gasteiger partial charge >= 0.3 is 0 Å². The molecule has 1 N–H and O–H groups in total. The summed E-state index contributed by atoms with van der Waals surface area (Å²) in [4.78, 5) is 41.5. The number of hydrogen-bond donors (Lipinski definition) is 1. The predicted octanol–water partition coefficient (Wildman–Crippen LogP) is 1.51. The third-order valence-corrected chi connectivity index (χ3v) is 5.10. The minimum atomic E-state index is -0.618. The Kier molecular flexibility index (Phi) is 6.46. The minimum Gasteiger partial charge on any atom is -0.348 e. The smallest absolute Gasteiger partial charge is 0.292 e. The lowest BCUT2D eigenvalue weighted by molar-refractivity contribution is -0.132. The number of nitrogens with one attached hydrogen (secondary N) is 1. The van der Waals surface area contributed by atoms with Crippen LogP contribution in [-0.2, 0) is 16.1 Å². The highest BCUT2D eigenvalue weighted by molar-refractivity contribution is 6.45. The lowest BCUT2D eigenvalue weighted by Crippen LogP contribution is -2.37. The van der Waals surface area contributed by atoms with E-state index < -0.39 is 11.7 Å². The Bertz CT molecular complexity index is 866. The number of carbonyl (C=O) groups is 3. The average molecular weight is 384 g/mol. The van der Waals surface area contributed by atoms with E-state index in [-0.39, 0.29) is 12.5 Å². The Morgan fingerprint density at radius 2 is 1.79 bits per heavy atom. The van der Waals surface area contributed by atoms with Crippen molar-refractivity contribution in [2.75, 3.05) is 40.3 Å². The van der Waals surface area contributed by atoms with E-state index in [0.717, 1.165) is 37.9 Å². The van der Waals surface area contributed by atoms with Crippen molar-refractivity contribution in [2.45, 2.75) is 25.8 Å². The molecule has 3 rings (SSSR count). The van der Waals surface area contributed by atoms with E-state index in [2.05, 4.69) is 5.32 Å². The van der Waals surface area contributed by atoms with Crippen LogP contribution in [0.15, 0.2) is 30.5 Å². The third kappa shape index (κ3) is 4.59. The van der Waals surface area contributed by atoms with Crippen LogP contribution in [0.25, 0.3) is 10.9 Å². The molecular formula is C21H28N4O3. The summed E-state index contributed by atoms with van der Waals surface area (Å²) in [6.07, 6.45) is 4.88. The molecule has 7 heteroatoms. The second kappa shape index (κ2) is 9.01. The van der Waals surface area contributed by atoms with Crippen molar-refractivity contribution < 1.29 is 14.4 Å². The summed E-state index contributed by atoms with van der Waals surface area (Å²) in [5.41, 5.74) is 1.13. The number of fused-ring (bicyclic) bond motifs is 1. The summed E-state index contributed by atoms with van der Waals surface area (Å²) < 4.78 is 1.78. The molecule has 1 aliphatic rings. The van der Waals surface area contributed by atoms with Crippen molar-refractivity contribution in [3.8, 4) is 0 Å². The zero-order valence-electron chi connectivity index (χ0n) is 16.6. The van der Waals surface area contributed by atoms with Crippen LogP contribution in [0.5, 0.6) is 0 Å². The first kappa shape index (κ1) is 20.1. The van der Waals surface area contributed by atoms with Gasteiger partial charge in [0.2, 0.25) is 5.91 Å². The molecule has 1 aliphatic heterocycles. The minimum absolute atomic E-state index is 0.0508. The maximum Gasteiger partial charge on any atom is 0.292 e. The first-order valence-corrected chi connectivity index (χ1v) is 9.80. The molecule has 1 saturated heterocycles. The summed E-state index contributed by atoms with van der Waals surface area (Å²) >= 11 is 0. The van der Waals surface area contributed by atoms with Crippen molar-refractivity contribution >= 4 is 28.5 Å². The van der Waals surface area contributed by atoms with Crippen LogP contribution in [0.4, 0.5) is 0 Å². The number of para-hydroxylation sites is 1. The van der Waals surface area contributed by atoms with Crippen molar-refractivity contribution in [1.29, 1.82) is 0 Å². The number of aromatic nitrogens is 1. The number of Topliss-reactive ketones (excluding diaryl/α,β-unsaturated/α-hetero) is 1. The molecule has 0 unspecified atom stereocenters. The van der Waals surface area contributed by atoms with Crippen LogP contribution in [0.1, 0.15) is 29.6 Å². The SMILES string of the molecule is CN(C)CCNC(=O)C(=O)c1cn(CC(=O)N2CCCCC2)c2ccccc12.